The van der Waals surface area contributed by atoms with Crippen LogP contribution in [0.2, 0.25) is 0 Å². The molecule has 1 N–H and O–H groups in total. The van der Waals surface area contributed by atoms with Gasteiger partial charge in [-0.1, -0.05) is 6.07 Å². The van der Waals surface area contributed by atoms with Crippen LogP contribution in [-0.4, -0.2) is 23.2 Å². The first-order valence-electron chi connectivity index (χ1n) is 6.17. The second kappa shape index (κ2) is 4.75. The first kappa shape index (κ1) is 11.8. The lowest BCUT2D eigenvalue weighted by Gasteiger charge is -2.13. The zero-order valence-electron chi connectivity index (χ0n) is 10.7. The van der Waals surface area contributed by atoms with E-state index < -0.39 is 0 Å². The Balaban J connectivity index is 2.02. The number of fused-ring (bicyclic) bond motifs is 1. The molecule has 0 bridgehead atoms. The monoisotopic (exact) mass is 254 g/mol. The van der Waals surface area contributed by atoms with Gasteiger partial charge in [0.2, 0.25) is 0 Å². The first-order chi connectivity index (χ1) is 9.31. The summed E-state index contributed by atoms with van der Waals surface area (Å²) in [5, 5.41) is 12.3. The summed E-state index contributed by atoms with van der Waals surface area (Å²) in [6.07, 6.45) is 2.05. The van der Waals surface area contributed by atoms with Crippen LogP contribution in [0.4, 0.5) is 0 Å². The molecule has 0 fully saturated rings. The number of rotatable bonds is 2. The van der Waals surface area contributed by atoms with Gasteiger partial charge in [-0.3, -0.25) is 0 Å². The van der Waals surface area contributed by atoms with E-state index in [9.17, 15) is 0 Å². The largest absolute Gasteiger partial charge is 0.495 e. The minimum Gasteiger partial charge on any atom is -0.495 e. The van der Waals surface area contributed by atoms with Gasteiger partial charge in [0.1, 0.15) is 17.6 Å². The van der Waals surface area contributed by atoms with Crippen molar-refractivity contribution in [3.05, 3.63) is 35.8 Å². The van der Waals surface area contributed by atoms with Crippen molar-refractivity contribution >= 4 is 0 Å². The lowest BCUT2D eigenvalue weighted by molar-refractivity contribution is 0.413. The van der Waals surface area contributed by atoms with Gasteiger partial charge in [0.25, 0.3) is 0 Å². The molecule has 2 aromatic rings. The minimum absolute atomic E-state index is 0.539. The van der Waals surface area contributed by atoms with Crippen LogP contribution in [0, 0.1) is 11.3 Å². The highest BCUT2D eigenvalue weighted by Gasteiger charge is 2.14. The number of imidazole rings is 1. The molecule has 0 saturated carbocycles. The molecule has 0 unspecified atom stereocenters. The van der Waals surface area contributed by atoms with Crippen LogP contribution < -0.4 is 10.1 Å². The number of methoxy groups -OCH3 is 1. The van der Waals surface area contributed by atoms with Gasteiger partial charge >= 0.3 is 0 Å². The zero-order valence-corrected chi connectivity index (χ0v) is 10.7. The van der Waals surface area contributed by atoms with E-state index in [-0.39, 0.29) is 0 Å². The normalized spacial score (nSPS) is 13.7. The highest BCUT2D eigenvalue weighted by Crippen LogP contribution is 2.26. The van der Waals surface area contributed by atoms with E-state index in [2.05, 4.69) is 27.1 Å². The topological polar surface area (TPSA) is 62.9 Å². The molecule has 0 amide bonds. The van der Waals surface area contributed by atoms with Crippen molar-refractivity contribution in [2.75, 3.05) is 13.7 Å². The van der Waals surface area contributed by atoms with Crippen LogP contribution in [0.5, 0.6) is 5.75 Å². The number of nitriles is 1. The average molecular weight is 254 g/mol. The Kier molecular flexibility index (Phi) is 2.94. The number of hydrogen-bond acceptors (Lipinski definition) is 4. The third kappa shape index (κ3) is 2.07. The van der Waals surface area contributed by atoms with Crippen molar-refractivity contribution in [3.63, 3.8) is 0 Å². The second-order valence-corrected chi connectivity index (χ2v) is 4.44. The molecule has 0 radical (unpaired) electrons. The van der Waals surface area contributed by atoms with Crippen LogP contribution in [0.25, 0.3) is 11.3 Å². The molecule has 1 aliphatic rings. The van der Waals surface area contributed by atoms with E-state index in [1.807, 2.05) is 12.1 Å². The SMILES string of the molecule is COc1cc(-c2cn3c(n2)CNCC3)ccc1C#N. The van der Waals surface area contributed by atoms with E-state index in [0.717, 1.165) is 36.7 Å². The van der Waals surface area contributed by atoms with E-state index >= 15 is 0 Å². The molecule has 0 atom stereocenters. The van der Waals surface area contributed by atoms with Crippen LogP contribution in [0.15, 0.2) is 24.4 Å². The van der Waals surface area contributed by atoms with Crippen molar-refractivity contribution in [1.29, 1.82) is 5.26 Å². The Labute approximate surface area is 111 Å². The first-order valence-corrected chi connectivity index (χ1v) is 6.17. The van der Waals surface area contributed by atoms with Gasteiger partial charge in [-0.15, -0.1) is 0 Å². The summed E-state index contributed by atoms with van der Waals surface area (Å²) in [6.45, 7) is 2.71. The maximum absolute atomic E-state index is 8.99. The van der Waals surface area contributed by atoms with Crippen LogP contribution in [0.3, 0.4) is 0 Å². The van der Waals surface area contributed by atoms with Gasteiger partial charge in [-0.05, 0) is 12.1 Å². The molecule has 0 saturated heterocycles. The smallest absolute Gasteiger partial charge is 0.137 e. The summed E-state index contributed by atoms with van der Waals surface area (Å²) in [5.41, 5.74) is 2.43. The van der Waals surface area contributed by atoms with Crippen molar-refractivity contribution < 1.29 is 4.74 Å². The van der Waals surface area contributed by atoms with Gasteiger partial charge in [-0.25, -0.2) is 4.98 Å². The number of nitrogens with one attached hydrogen (secondary N) is 1. The summed E-state index contributed by atoms with van der Waals surface area (Å²) < 4.78 is 7.39. The Morgan fingerprint density at radius 3 is 3.11 bits per heavy atom. The van der Waals surface area contributed by atoms with Gasteiger partial charge < -0.3 is 14.6 Å². The van der Waals surface area contributed by atoms with Gasteiger partial charge in [-0.2, -0.15) is 5.26 Å². The molecule has 1 aliphatic heterocycles. The lowest BCUT2D eigenvalue weighted by atomic mass is 10.1. The van der Waals surface area contributed by atoms with Crippen molar-refractivity contribution in [2.45, 2.75) is 13.1 Å². The molecule has 0 aliphatic carbocycles. The lowest BCUT2D eigenvalue weighted by Crippen LogP contribution is -2.27. The quantitative estimate of drug-likeness (QED) is 0.883. The van der Waals surface area contributed by atoms with Crippen LogP contribution in [-0.2, 0) is 13.1 Å². The fourth-order valence-electron chi connectivity index (χ4n) is 2.27. The number of hydrogen-bond donors (Lipinski definition) is 1. The summed E-state index contributed by atoms with van der Waals surface area (Å²) in [7, 11) is 1.57. The van der Waals surface area contributed by atoms with Crippen molar-refractivity contribution in [3.8, 4) is 23.1 Å². The standard InChI is InChI=1S/C14H14N4O/c1-19-13-6-10(2-3-11(13)7-15)12-9-18-5-4-16-8-14(18)17-12/h2-3,6,9,16H,4-5,8H2,1H3. The van der Waals surface area contributed by atoms with Crippen molar-refractivity contribution in [1.82, 2.24) is 14.9 Å². The number of nitrogens with zero attached hydrogens (tertiary/aromatic N) is 3. The second-order valence-electron chi connectivity index (χ2n) is 4.44. The molecule has 96 valence electrons. The van der Waals surface area contributed by atoms with E-state index in [1.54, 1.807) is 13.2 Å². The molecule has 5 heteroatoms. The molecule has 1 aromatic carbocycles. The highest BCUT2D eigenvalue weighted by molar-refractivity contribution is 5.64. The Morgan fingerprint density at radius 2 is 2.37 bits per heavy atom. The number of aromatic nitrogens is 2. The molecular weight excluding hydrogens is 240 g/mol. The summed E-state index contributed by atoms with van der Waals surface area (Å²) >= 11 is 0. The zero-order chi connectivity index (χ0) is 13.2. The molecular formula is C14H14N4O. The molecule has 19 heavy (non-hydrogen) atoms. The highest BCUT2D eigenvalue weighted by atomic mass is 16.5. The van der Waals surface area contributed by atoms with E-state index in [1.165, 1.54) is 0 Å². The van der Waals surface area contributed by atoms with Crippen molar-refractivity contribution in [2.24, 2.45) is 0 Å². The summed E-state index contributed by atoms with van der Waals surface area (Å²) in [6, 6.07) is 7.65. The average Bonchev–Trinajstić information content (AvgIpc) is 2.90. The molecule has 5 nitrogen and oxygen atoms in total. The third-order valence-electron chi connectivity index (χ3n) is 3.29. The van der Waals surface area contributed by atoms with E-state index in [4.69, 9.17) is 10.00 Å². The molecule has 2 heterocycles. The van der Waals surface area contributed by atoms with Crippen LogP contribution in [0.1, 0.15) is 11.4 Å². The Hall–Kier alpha value is -2.32. The maximum Gasteiger partial charge on any atom is 0.137 e. The Morgan fingerprint density at radius 1 is 1.47 bits per heavy atom. The predicted molar refractivity (Wildman–Crippen MR) is 70.6 cm³/mol. The fourth-order valence-corrected chi connectivity index (χ4v) is 2.27. The maximum atomic E-state index is 8.99. The molecule has 1 aromatic heterocycles. The predicted octanol–water partition coefficient (Wildman–Crippen LogP) is 1.53. The Bertz CT molecular complexity index is 630. The van der Waals surface area contributed by atoms with Crippen LogP contribution >= 0.6 is 0 Å². The van der Waals surface area contributed by atoms with Gasteiger partial charge in [0.15, 0.2) is 0 Å². The molecule has 3 rings (SSSR count). The number of ether oxygens (including phenoxy) is 1. The summed E-state index contributed by atoms with van der Waals surface area (Å²) in [5.74, 6) is 1.63. The molecule has 0 spiro atoms. The van der Waals surface area contributed by atoms with E-state index in [0.29, 0.717) is 11.3 Å². The minimum atomic E-state index is 0.539. The third-order valence-corrected chi connectivity index (χ3v) is 3.29. The van der Waals surface area contributed by atoms with Gasteiger partial charge in [0.05, 0.1) is 24.9 Å². The fraction of sp³-hybridized carbons (Fsp3) is 0.286. The summed E-state index contributed by atoms with van der Waals surface area (Å²) in [4.78, 5) is 4.61. The number of benzene rings is 1. The van der Waals surface area contributed by atoms with Gasteiger partial charge in [0, 0.05) is 24.8 Å².